The van der Waals surface area contributed by atoms with Crippen LogP contribution in [0.5, 0.6) is 0 Å². The first-order valence-corrected chi connectivity index (χ1v) is 8.44. The Balaban J connectivity index is 1.82. The van der Waals surface area contributed by atoms with Gasteiger partial charge in [0.15, 0.2) is 0 Å². The number of benzene rings is 2. The molecule has 1 fully saturated rings. The SMILES string of the molecule is CCNC(=O)C[C@H]1C(=O)NCCN1Cc1cccc2ccccc12. The van der Waals surface area contributed by atoms with E-state index in [0.717, 1.165) is 6.54 Å². The first-order chi connectivity index (χ1) is 11.7. The van der Waals surface area contributed by atoms with E-state index in [0.29, 0.717) is 19.6 Å². The number of hydrogen-bond acceptors (Lipinski definition) is 3. The highest BCUT2D eigenvalue weighted by Crippen LogP contribution is 2.22. The van der Waals surface area contributed by atoms with Gasteiger partial charge in [-0.15, -0.1) is 0 Å². The lowest BCUT2D eigenvalue weighted by Gasteiger charge is -2.35. The van der Waals surface area contributed by atoms with Gasteiger partial charge in [0, 0.05) is 26.2 Å². The van der Waals surface area contributed by atoms with Gasteiger partial charge in [0.2, 0.25) is 11.8 Å². The monoisotopic (exact) mass is 325 g/mol. The number of nitrogens with zero attached hydrogens (tertiary/aromatic N) is 1. The van der Waals surface area contributed by atoms with Gasteiger partial charge in [-0.3, -0.25) is 14.5 Å². The van der Waals surface area contributed by atoms with Crippen molar-refractivity contribution in [1.29, 1.82) is 0 Å². The van der Waals surface area contributed by atoms with Gasteiger partial charge in [-0.05, 0) is 23.3 Å². The lowest BCUT2D eigenvalue weighted by molar-refractivity contribution is -0.134. The molecule has 0 radical (unpaired) electrons. The fourth-order valence-electron chi connectivity index (χ4n) is 3.27. The molecule has 5 nitrogen and oxygen atoms in total. The summed E-state index contributed by atoms with van der Waals surface area (Å²) in [4.78, 5) is 26.3. The lowest BCUT2D eigenvalue weighted by Crippen LogP contribution is -2.56. The van der Waals surface area contributed by atoms with Crippen molar-refractivity contribution in [3.05, 3.63) is 48.0 Å². The Morgan fingerprint density at radius 3 is 2.88 bits per heavy atom. The Bertz CT molecular complexity index is 739. The van der Waals surface area contributed by atoms with Crippen molar-refractivity contribution in [3.63, 3.8) is 0 Å². The lowest BCUT2D eigenvalue weighted by atomic mass is 10.0. The minimum Gasteiger partial charge on any atom is -0.356 e. The fraction of sp³-hybridized carbons (Fsp3) is 0.368. The number of carbonyl (C=O) groups excluding carboxylic acids is 2. The summed E-state index contributed by atoms with van der Waals surface area (Å²) in [6.07, 6.45) is 0.199. The average molecular weight is 325 g/mol. The van der Waals surface area contributed by atoms with Crippen LogP contribution in [0.4, 0.5) is 0 Å². The molecule has 5 heteroatoms. The molecule has 126 valence electrons. The van der Waals surface area contributed by atoms with Crippen molar-refractivity contribution < 1.29 is 9.59 Å². The molecule has 0 saturated carbocycles. The van der Waals surface area contributed by atoms with Gasteiger partial charge in [-0.25, -0.2) is 0 Å². The van der Waals surface area contributed by atoms with Crippen molar-refractivity contribution in [2.75, 3.05) is 19.6 Å². The van der Waals surface area contributed by atoms with E-state index < -0.39 is 6.04 Å². The van der Waals surface area contributed by atoms with Crippen molar-refractivity contribution in [2.45, 2.75) is 25.9 Å². The highest BCUT2D eigenvalue weighted by molar-refractivity contribution is 5.89. The van der Waals surface area contributed by atoms with E-state index in [1.807, 2.05) is 25.1 Å². The van der Waals surface area contributed by atoms with Crippen molar-refractivity contribution in [2.24, 2.45) is 0 Å². The second-order valence-electron chi connectivity index (χ2n) is 6.07. The standard InChI is InChI=1S/C19H23N3O2/c1-2-20-18(23)12-17-19(24)21-10-11-22(17)13-15-8-5-7-14-6-3-4-9-16(14)15/h3-9,17H,2,10-13H2,1H3,(H,20,23)(H,21,24)/t17-/m0/s1. The summed E-state index contributed by atoms with van der Waals surface area (Å²) < 4.78 is 0. The molecule has 2 aromatic rings. The van der Waals surface area contributed by atoms with Crippen LogP contribution in [0.15, 0.2) is 42.5 Å². The van der Waals surface area contributed by atoms with Gasteiger partial charge in [0.05, 0.1) is 12.5 Å². The third-order valence-electron chi connectivity index (χ3n) is 4.45. The summed E-state index contributed by atoms with van der Waals surface area (Å²) in [5.41, 5.74) is 1.18. The minimum atomic E-state index is -0.413. The zero-order chi connectivity index (χ0) is 16.9. The van der Waals surface area contributed by atoms with E-state index in [4.69, 9.17) is 0 Å². The molecule has 1 saturated heterocycles. The van der Waals surface area contributed by atoms with Crippen LogP contribution in [0.3, 0.4) is 0 Å². The summed E-state index contributed by atoms with van der Waals surface area (Å²) in [6, 6.07) is 14.1. The molecule has 1 atom stereocenters. The van der Waals surface area contributed by atoms with Crippen LogP contribution < -0.4 is 10.6 Å². The molecule has 2 aromatic carbocycles. The Kier molecular flexibility index (Phi) is 5.11. The highest BCUT2D eigenvalue weighted by Gasteiger charge is 2.31. The molecule has 1 aliphatic rings. The predicted molar refractivity (Wildman–Crippen MR) is 94.5 cm³/mol. The number of piperazine rings is 1. The molecular weight excluding hydrogens is 302 g/mol. The Labute approximate surface area is 142 Å². The van der Waals surface area contributed by atoms with Crippen LogP contribution in [0.2, 0.25) is 0 Å². The van der Waals surface area contributed by atoms with Crippen molar-refractivity contribution in [3.8, 4) is 0 Å². The summed E-state index contributed by atoms with van der Waals surface area (Å²) in [5.74, 6) is -0.143. The molecule has 1 aliphatic heterocycles. The molecule has 0 bridgehead atoms. The molecule has 24 heavy (non-hydrogen) atoms. The van der Waals surface area contributed by atoms with Crippen LogP contribution in [0.25, 0.3) is 10.8 Å². The second kappa shape index (κ2) is 7.45. The molecule has 2 amide bonds. The van der Waals surface area contributed by atoms with Crippen LogP contribution in [0.1, 0.15) is 18.9 Å². The number of carbonyl (C=O) groups is 2. The first-order valence-electron chi connectivity index (χ1n) is 8.44. The van der Waals surface area contributed by atoms with E-state index >= 15 is 0 Å². The Morgan fingerprint density at radius 1 is 1.25 bits per heavy atom. The highest BCUT2D eigenvalue weighted by atomic mass is 16.2. The average Bonchev–Trinajstić information content (AvgIpc) is 2.58. The van der Waals surface area contributed by atoms with E-state index in [9.17, 15) is 9.59 Å². The summed E-state index contributed by atoms with van der Waals surface area (Å²) in [6.45, 7) is 4.50. The smallest absolute Gasteiger partial charge is 0.237 e. The number of hydrogen-bond donors (Lipinski definition) is 2. The third kappa shape index (κ3) is 3.57. The van der Waals surface area contributed by atoms with Crippen LogP contribution in [-0.4, -0.2) is 42.4 Å². The van der Waals surface area contributed by atoms with E-state index in [1.165, 1.54) is 16.3 Å². The van der Waals surface area contributed by atoms with E-state index in [2.05, 4.69) is 39.8 Å². The van der Waals surface area contributed by atoms with Gasteiger partial charge in [-0.1, -0.05) is 42.5 Å². The van der Waals surface area contributed by atoms with Crippen molar-refractivity contribution >= 4 is 22.6 Å². The Morgan fingerprint density at radius 2 is 2.04 bits per heavy atom. The van der Waals surface area contributed by atoms with Crippen LogP contribution in [0, 0.1) is 0 Å². The van der Waals surface area contributed by atoms with Crippen molar-refractivity contribution in [1.82, 2.24) is 15.5 Å². The van der Waals surface area contributed by atoms with Gasteiger partial charge in [0.25, 0.3) is 0 Å². The molecule has 2 N–H and O–H groups in total. The topological polar surface area (TPSA) is 61.4 Å². The number of nitrogens with one attached hydrogen (secondary N) is 2. The third-order valence-corrected chi connectivity index (χ3v) is 4.45. The Hall–Kier alpha value is -2.40. The summed E-state index contributed by atoms with van der Waals surface area (Å²) >= 11 is 0. The maximum Gasteiger partial charge on any atom is 0.237 e. The van der Waals surface area contributed by atoms with Gasteiger partial charge < -0.3 is 10.6 Å². The molecule has 3 rings (SSSR count). The zero-order valence-corrected chi connectivity index (χ0v) is 13.9. The predicted octanol–water partition coefficient (Wildman–Crippen LogP) is 1.67. The molecule has 0 spiro atoms. The normalized spacial score (nSPS) is 18.4. The van der Waals surface area contributed by atoms with E-state index in [-0.39, 0.29) is 18.2 Å². The quantitative estimate of drug-likeness (QED) is 0.879. The fourth-order valence-corrected chi connectivity index (χ4v) is 3.27. The summed E-state index contributed by atoms with van der Waals surface area (Å²) in [7, 11) is 0. The first kappa shape index (κ1) is 16.5. The maximum atomic E-state index is 12.3. The molecule has 0 aliphatic carbocycles. The van der Waals surface area contributed by atoms with Gasteiger partial charge >= 0.3 is 0 Å². The molecule has 1 heterocycles. The van der Waals surface area contributed by atoms with Gasteiger partial charge in [0.1, 0.15) is 0 Å². The minimum absolute atomic E-state index is 0.0623. The molecule has 0 unspecified atom stereocenters. The number of fused-ring (bicyclic) bond motifs is 1. The summed E-state index contributed by atoms with van der Waals surface area (Å²) in [5, 5.41) is 8.04. The molecule has 0 aromatic heterocycles. The van der Waals surface area contributed by atoms with E-state index in [1.54, 1.807) is 0 Å². The number of amides is 2. The zero-order valence-electron chi connectivity index (χ0n) is 13.9. The van der Waals surface area contributed by atoms with Crippen LogP contribution in [-0.2, 0) is 16.1 Å². The van der Waals surface area contributed by atoms with Gasteiger partial charge in [-0.2, -0.15) is 0 Å². The maximum absolute atomic E-state index is 12.3. The largest absolute Gasteiger partial charge is 0.356 e. The molecular formula is C19H23N3O2. The number of rotatable bonds is 5. The second-order valence-corrected chi connectivity index (χ2v) is 6.07. The van der Waals surface area contributed by atoms with Crippen LogP contribution >= 0.6 is 0 Å².